The van der Waals surface area contributed by atoms with Gasteiger partial charge in [0.1, 0.15) is 0 Å². The number of halogens is 2. The average molecular weight is 272 g/mol. The van der Waals surface area contributed by atoms with Crippen molar-refractivity contribution in [3.05, 3.63) is 28.3 Å². The Morgan fingerprint density at radius 2 is 2.12 bits per heavy atom. The van der Waals surface area contributed by atoms with Gasteiger partial charge < -0.3 is 5.32 Å². The van der Waals surface area contributed by atoms with Gasteiger partial charge in [0.15, 0.2) is 5.78 Å². The van der Waals surface area contributed by atoms with Gasteiger partial charge in [-0.25, -0.2) is 0 Å². The first kappa shape index (κ1) is 12.4. The lowest BCUT2D eigenvalue weighted by molar-refractivity contribution is -0.116. The molecule has 0 bridgehead atoms. The van der Waals surface area contributed by atoms with Gasteiger partial charge in [-0.1, -0.05) is 17.7 Å². The van der Waals surface area contributed by atoms with Gasteiger partial charge in [0.2, 0.25) is 5.91 Å². The lowest BCUT2D eigenvalue weighted by Gasteiger charge is -2.20. The molecule has 0 radical (unpaired) electrons. The molecule has 0 aromatic heterocycles. The summed E-state index contributed by atoms with van der Waals surface area (Å²) in [5.74, 6) is 0.0241. The summed E-state index contributed by atoms with van der Waals surface area (Å²) in [5, 5.41) is 3.08. The number of anilines is 1. The minimum Gasteiger partial charge on any atom is -0.325 e. The van der Waals surface area contributed by atoms with Gasteiger partial charge in [-0.05, 0) is 18.1 Å². The van der Waals surface area contributed by atoms with Gasteiger partial charge in [0, 0.05) is 18.7 Å². The fourth-order valence-electron chi connectivity index (χ4n) is 1.91. The average Bonchev–Trinajstić information content (AvgIpc) is 2.28. The van der Waals surface area contributed by atoms with Crippen LogP contribution in [0, 0.1) is 0 Å². The van der Waals surface area contributed by atoms with Crippen molar-refractivity contribution in [1.29, 1.82) is 0 Å². The molecule has 1 aliphatic heterocycles. The highest BCUT2D eigenvalue weighted by molar-refractivity contribution is 6.35. The Balaban J connectivity index is 2.49. The van der Waals surface area contributed by atoms with E-state index in [2.05, 4.69) is 5.32 Å². The quantitative estimate of drug-likeness (QED) is 0.679. The lowest BCUT2D eigenvalue weighted by atomic mass is 9.96. The summed E-state index contributed by atoms with van der Waals surface area (Å²) in [7, 11) is 0. The number of hydrogen-bond donors (Lipinski definition) is 1. The Morgan fingerprint density at radius 1 is 1.35 bits per heavy atom. The summed E-state index contributed by atoms with van der Waals surface area (Å²) < 4.78 is 0. The summed E-state index contributed by atoms with van der Waals surface area (Å²) in [6.45, 7) is 0. The molecule has 17 heavy (non-hydrogen) atoms. The van der Waals surface area contributed by atoms with Crippen molar-refractivity contribution in [3.8, 4) is 0 Å². The lowest BCUT2D eigenvalue weighted by Crippen LogP contribution is -2.22. The summed E-state index contributed by atoms with van der Waals surface area (Å²) in [5.41, 5.74) is 1.90. The van der Waals surface area contributed by atoms with E-state index < -0.39 is 0 Å². The Labute approximate surface area is 109 Å². The number of benzene rings is 1. The Morgan fingerprint density at radius 3 is 2.82 bits per heavy atom. The SMILES string of the molecule is O=C1CCc2ccc(Cl)c(C(=O)CCCl)c2N1. The van der Waals surface area contributed by atoms with E-state index in [1.165, 1.54) is 0 Å². The summed E-state index contributed by atoms with van der Waals surface area (Å²) in [6.07, 6.45) is 1.30. The maximum Gasteiger partial charge on any atom is 0.224 e. The molecule has 0 spiro atoms. The van der Waals surface area contributed by atoms with Gasteiger partial charge in [-0.3, -0.25) is 9.59 Å². The minimum atomic E-state index is -0.135. The predicted octanol–water partition coefficient (Wildman–Crippen LogP) is 3.04. The number of fused-ring (bicyclic) bond motifs is 1. The number of aryl methyl sites for hydroxylation is 1. The first-order valence-electron chi connectivity index (χ1n) is 5.34. The van der Waals surface area contributed by atoms with Crippen LogP contribution in [0.2, 0.25) is 5.02 Å². The van der Waals surface area contributed by atoms with Crippen LogP contribution < -0.4 is 5.32 Å². The van der Waals surface area contributed by atoms with E-state index >= 15 is 0 Å². The molecule has 0 atom stereocenters. The summed E-state index contributed by atoms with van der Waals surface area (Å²) in [4.78, 5) is 23.3. The highest BCUT2D eigenvalue weighted by Crippen LogP contribution is 2.32. The largest absolute Gasteiger partial charge is 0.325 e. The second kappa shape index (κ2) is 5.07. The van der Waals surface area contributed by atoms with Gasteiger partial charge in [0.05, 0.1) is 16.3 Å². The molecule has 0 saturated heterocycles. The number of Topliss-reactive ketones (excluding diaryl/α,β-unsaturated/α-hetero) is 1. The molecule has 90 valence electrons. The van der Waals surface area contributed by atoms with E-state index in [9.17, 15) is 9.59 Å². The number of ketones is 1. The topological polar surface area (TPSA) is 46.2 Å². The van der Waals surface area contributed by atoms with E-state index in [-0.39, 0.29) is 24.0 Å². The maximum absolute atomic E-state index is 11.9. The van der Waals surface area contributed by atoms with Crippen LogP contribution in [0.1, 0.15) is 28.8 Å². The van der Waals surface area contributed by atoms with Crippen molar-refractivity contribution in [2.24, 2.45) is 0 Å². The highest BCUT2D eigenvalue weighted by Gasteiger charge is 2.23. The van der Waals surface area contributed by atoms with E-state index in [1.54, 1.807) is 6.07 Å². The van der Waals surface area contributed by atoms with Crippen LogP contribution in [-0.2, 0) is 11.2 Å². The van der Waals surface area contributed by atoms with Gasteiger partial charge in [0.25, 0.3) is 0 Å². The monoisotopic (exact) mass is 271 g/mol. The maximum atomic E-state index is 11.9. The van der Waals surface area contributed by atoms with Crippen molar-refractivity contribution in [1.82, 2.24) is 0 Å². The van der Waals surface area contributed by atoms with Crippen molar-refractivity contribution in [2.45, 2.75) is 19.3 Å². The molecule has 1 N–H and O–H groups in total. The number of carbonyl (C=O) groups excluding carboxylic acids is 2. The normalized spacial score (nSPS) is 14.1. The number of rotatable bonds is 3. The Kier molecular flexibility index (Phi) is 3.69. The smallest absolute Gasteiger partial charge is 0.224 e. The van der Waals surface area contributed by atoms with E-state index in [0.717, 1.165) is 5.56 Å². The Bertz CT molecular complexity index is 486. The standard InChI is InChI=1S/C12H11Cl2NO2/c13-6-5-9(16)11-8(14)3-1-7-2-4-10(17)15-12(7)11/h1,3H,2,4-6H2,(H,15,17). The molecule has 0 unspecified atom stereocenters. The molecule has 5 heteroatoms. The van der Waals surface area contributed by atoms with Crippen molar-refractivity contribution in [2.75, 3.05) is 11.2 Å². The number of carbonyl (C=O) groups is 2. The zero-order chi connectivity index (χ0) is 12.4. The molecular formula is C12H11Cl2NO2. The third-order valence-electron chi connectivity index (χ3n) is 2.73. The van der Waals surface area contributed by atoms with Crippen LogP contribution in [-0.4, -0.2) is 17.6 Å². The van der Waals surface area contributed by atoms with Crippen LogP contribution in [0.5, 0.6) is 0 Å². The Hall–Kier alpha value is -1.06. The van der Waals surface area contributed by atoms with Crippen molar-refractivity contribution in [3.63, 3.8) is 0 Å². The molecule has 2 rings (SSSR count). The molecule has 0 saturated carbocycles. The third-order valence-corrected chi connectivity index (χ3v) is 3.23. The first-order valence-corrected chi connectivity index (χ1v) is 6.25. The number of hydrogen-bond acceptors (Lipinski definition) is 2. The third kappa shape index (κ3) is 2.45. The molecule has 0 fully saturated rings. The molecule has 1 amide bonds. The first-order chi connectivity index (χ1) is 8.13. The molecular weight excluding hydrogens is 261 g/mol. The van der Waals surface area contributed by atoms with Crippen molar-refractivity contribution < 1.29 is 9.59 Å². The summed E-state index contributed by atoms with van der Waals surface area (Å²) >= 11 is 11.6. The van der Waals surface area contributed by atoms with Crippen LogP contribution in [0.4, 0.5) is 5.69 Å². The second-order valence-electron chi connectivity index (χ2n) is 3.87. The van der Waals surface area contributed by atoms with Gasteiger partial charge in [-0.15, -0.1) is 11.6 Å². The van der Waals surface area contributed by atoms with E-state index in [0.29, 0.717) is 29.1 Å². The molecule has 1 aromatic carbocycles. The molecule has 1 aromatic rings. The van der Waals surface area contributed by atoms with Crippen LogP contribution in [0.3, 0.4) is 0 Å². The summed E-state index contributed by atoms with van der Waals surface area (Å²) in [6, 6.07) is 3.54. The van der Waals surface area contributed by atoms with Crippen LogP contribution in [0.25, 0.3) is 0 Å². The molecule has 3 nitrogen and oxygen atoms in total. The zero-order valence-electron chi connectivity index (χ0n) is 9.06. The zero-order valence-corrected chi connectivity index (χ0v) is 10.6. The predicted molar refractivity (Wildman–Crippen MR) is 68.1 cm³/mol. The van der Waals surface area contributed by atoms with Crippen molar-refractivity contribution >= 4 is 40.6 Å². The van der Waals surface area contributed by atoms with E-state index in [4.69, 9.17) is 23.2 Å². The second-order valence-corrected chi connectivity index (χ2v) is 4.65. The molecule has 1 aliphatic rings. The molecule has 0 aliphatic carbocycles. The highest BCUT2D eigenvalue weighted by atomic mass is 35.5. The number of nitrogens with one attached hydrogen (secondary N) is 1. The number of alkyl halides is 1. The molecule has 1 heterocycles. The fourth-order valence-corrected chi connectivity index (χ4v) is 2.34. The number of amides is 1. The van der Waals surface area contributed by atoms with Gasteiger partial charge >= 0.3 is 0 Å². The van der Waals surface area contributed by atoms with E-state index in [1.807, 2.05) is 6.07 Å². The van der Waals surface area contributed by atoms with Crippen LogP contribution in [0.15, 0.2) is 12.1 Å². The fraction of sp³-hybridized carbons (Fsp3) is 0.333. The van der Waals surface area contributed by atoms with Gasteiger partial charge in [-0.2, -0.15) is 0 Å². The minimum absolute atomic E-state index is 0.0836. The van der Waals surface area contributed by atoms with Crippen LogP contribution >= 0.6 is 23.2 Å².